The van der Waals surface area contributed by atoms with Gasteiger partial charge in [-0.25, -0.2) is 4.39 Å². The van der Waals surface area contributed by atoms with Crippen molar-refractivity contribution in [3.63, 3.8) is 0 Å². The average molecular weight is 444 g/mol. The van der Waals surface area contributed by atoms with Crippen molar-refractivity contribution in [3.05, 3.63) is 65.4 Å². The molecule has 152 valence electrons. The number of anilines is 1. The standard InChI is InChI=1S/C20H15ClFN5O2S/c1-29-14-5-2-12(3-6-14)17-8-9-18-24-25-20(27(18)26-17)30-11-19(28)23-13-4-7-15(21)16(22)10-13/h2-10H,11H2,1H3,(H,23,28). The Hall–Kier alpha value is -3.17. The highest BCUT2D eigenvalue weighted by Crippen LogP contribution is 2.23. The molecule has 0 bridgehead atoms. The first-order valence-electron chi connectivity index (χ1n) is 8.78. The zero-order chi connectivity index (χ0) is 21.1. The minimum absolute atomic E-state index is 0.00366. The van der Waals surface area contributed by atoms with Gasteiger partial charge in [-0.05, 0) is 54.6 Å². The molecule has 0 aliphatic heterocycles. The van der Waals surface area contributed by atoms with Crippen LogP contribution in [0.2, 0.25) is 5.02 Å². The normalized spacial score (nSPS) is 10.9. The van der Waals surface area contributed by atoms with Gasteiger partial charge in [0.1, 0.15) is 11.6 Å². The lowest BCUT2D eigenvalue weighted by molar-refractivity contribution is -0.113. The summed E-state index contributed by atoms with van der Waals surface area (Å²) >= 11 is 6.83. The smallest absolute Gasteiger partial charge is 0.234 e. The SMILES string of the molecule is COc1ccc(-c2ccc3nnc(SCC(=O)Nc4ccc(Cl)c(F)c4)n3n2)cc1. The number of halogens is 2. The van der Waals surface area contributed by atoms with Crippen LogP contribution in [0.25, 0.3) is 16.9 Å². The molecule has 1 amide bonds. The minimum atomic E-state index is -0.596. The summed E-state index contributed by atoms with van der Waals surface area (Å²) in [5.41, 5.74) is 2.53. The fourth-order valence-corrected chi connectivity index (χ4v) is 3.48. The molecule has 0 fully saturated rings. The molecule has 4 rings (SSSR count). The molecule has 0 aliphatic carbocycles. The van der Waals surface area contributed by atoms with Crippen LogP contribution in [0.1, 0.15) is 0 Å². The Morgan fingerprint density at radius 2 is 1.97 bits per heavy atom. The molecule has 2 heterocycles. The van der Waals surface area contributed by atoms with Crippen molar-refractivity contribution in [2.24, 2.45) is 0 Å². The molecule has 0 saturated heterocycles. The number of ether oxygens (including phenoxy) is 1. The Bertz CT molecular complexity index is 1220. The number of aromatic nitrogens is 4. The quantitative estimate of drug-likeness (QED) is 0.447. The van der Waals surface area contributed by atoms with Gasteiger partial charge in [-0.2, -0.15) is 9.61 Å². The summed E-state index contributed by atoms with van der Waals surface area (Å²) in [6.45, 7) is 0. The molecule has 2 aromatic carbocycles. The second-order valence-electron chi connectivity index (χ2n) is 6.17. The minimum Gasteiger partial charge on any atom is -0.497 e. The van der Waals surface area contributed by atoms with Crippen LogP contribution in [-0.2, 0) is 4.79 Å². The van der Waals surface area contributed by atoms with Crippen LogP contribution in [0, 0.1) is 5.82 Å². The number of nitrogens with one attached hydrogen (secondary N) is 1. The molecule has 10 heteroatoms. The van der Waals surface area contributed by atoms with E-state index in [1.165, 1.54) is 30.0 Å². The third-order valence-corrected chi connectivity index (χ3v) is 5.38. The molecule has 1 N–H and O–H groups in total. The second-order valence-corrected chi connectivity index (χ2v) is 7.52. The van der Waals surface area contributed by atoms with Crippen molar-refractivity contribution in [1.82, 2.24) is 19.8 Å². The number of hydrogen-bond acceptors (Lipinski definition) is 6. The Labute approximate surface area is 180 Å². The summed E-state index contributed by atoms with van der Waals surface area (Å²) in [6.07, 6.45) is 0. The number of benzene rings is 2. The van der Waals surface area contributed by atoms with Crippen LogP contribution in [0.5, 0.6) is 5.75 Å². The monoisotopic (exact) mass is 443 g/mol. The number of carbonyl (C=O) groups is 1. The molecule has 30 heavy (non-hydrogen) atoms. The van der Waals surface area contributed by atoms with Crippen molar-refractivity contribution in [3.8, 4) is 17.0 Å². The van der Waals surface area contributed by atoms with Gasteiger partial charge in [-0.1, -0.05) is 23.4 Å². The van der Waals surface area contributed by atoms with E-state index in [0.29, 0.717) is 16.5 Å². The van der Waals surface area contributed by atoms with Crippen LogP contribution in [0.3, 0.4) is 0 Å². The number of rotatable bonds is 6. The maximum absolute atomic E-state index is 13.5. The molecule has 0 radical (unpaired) electrons. The summed E-state index contributed by atoms with van der Waals surface area (Å²) in [5, 5.41) is 15.8. The molecule has 4 aromatic rings. The Morgan fingerprint density at radius 1 is 1.17 bits per heavy atom. The van der Waals surface area contributed by atoms with E-state index in [1.807, 2.05) is 30.3 Å². The van der Waals surface area contributed by atoms with E-state index in [2.05, 4.69) is 20.6 Å². The summed E-state index contributed by atoms with van der Waals surface area (Å²) in [6, 6.07) is 15.3. The van der Waals surface area contributed by atoms with Gasteiger partial charge >= 0.3 is 0 Å². The van der Waals surface area contributed by atoms with Gasteiger partial charge in [0.05, 0.1) is 23.6 Å². The maximum atomic E-state index is 13.5. The largest absolute Gasteiger partial charge is 0.497 e. The zero-order valence-corrected chi connectivity index (χ0v) is 17.2. The highest BCUT2D eigenvalue weighted by molar-refractivity contribution is 7.99. The molecular formula is C20H15ClFN5O2S. The van der Waals surface area contributed by atoms with Gasteiger partial charge in [0.25, 0.3) is 0 Å². The second kappa shape index (κ2) is 8.68. The van der Waals surface area contributed by atoms with Crippen molar-refractivity contribution in [2.45, 2.75) is 5.16 Å². The van der Waals surface area contributed by atoms with Crippen molar-refractivity contribution < 1.29 is 13.9 Å². The third kappa shape index (κ3) is 4.37. The maximum Gasteiger partial charge on any atom is 0.234 e. The molecule has 0 unspecified atom stereocenters. The van der Waals surface area contributed by atoms with E-state index in [4.69, 9.17) is 16.3 Å². The van der Waals surface area contributed by atoms with E-state index >= 15 is 0 Å². The first-order valence-corrected chi connectivity index (χ1v) is 10.1. The fraction of sp³-hybridized carbons (Fsp3) is 0.100. The van der Waals surface area contributed by atoms with Crippen LogP contribution in [0.15, 0.2) is 59.8 Å². The molecule has 0 aliphatic rings. The van der Waals surface area contributed by atoms with Gasteiger partial charge < -0.3 is 10.1 Å². The summed E-state index contributed by atoms with van der Waals surface area (Å²) < 4.78 is 20.3. The predicted octanol–water partition coefficient (Wildman–Crippen LogP) is 4.32. The first-order chi connectivity index (χ1) is 14.5. The topological polar surface area (TPSA) is 81.4 Å². The lowest BCUT2D eigenvalue weighted by Gasteiger charge is -2.06. The fourth-order valence-electron chi connectivity index (χ4n) is 2.68. The molecule has 0 spiro atoms. The zero-order valence-electron chi connectivity index (χ0n) is 15.7. The van der Waals surface area contributed by atoms with Crippen molar-refractivity contribution >= 4 is 40.6 Å². The summed E-state index contributed by atoms with van der Waals surface area (Å²) in [5.74, 6) is -0.1000. The Balaban J connectivity index is 1.48. The Morgan fingerprint density at radius 3 is 2.70 bits per heavy atom. The van der Waals surface area contributed by atoms with Crippen LogP contribution < -0.4 is 10.1 Å². The Kier molecular flexibility index (Phi) is 5.82. The van der Waals surface area contributed by atoms with Crippen molar-refractivity contribution in [1.29, 1.82) is 0 Å². The average Bonchev–Trinajstić information content (AvgIpc) is 3.17. The van der Waals surface area contributed by atoms with Crippen molar-refractivity contribution in [2.75, 3.05) is 18.2 Å². The van der Waals surface area contributed by atoms with Crippen LogP contribution >= 0.6 is 23.4 Å². The van der Waals surface area contributed by atoms with Gasteiger partial charge in [0.15, 0.2) is 5.65 Å². The van der Waals surface area contributed by atoms with Gasteiger partial charge in [0, 0.05) is 11.3 Å². The lowest BCUT2D eigenvalue weighted by Crippen LogP contribution is -2.14. The number of carbonyl (C=O) groups excluding carboxylic acids is 1. The summed E-state index contributed by atoms with van der Waals surface area (Å²) in [7, 11) is 1.61. The number of fused-ring (bicyclic) bond motifs is 1. The predicted molar refractivity (Wildman–Crippen MR) is 114 cm³/mol. The highest BCUT2D eigenvalue weighted by atomic mass is 35.5. The van der Waals surface area contributed by atoms with E-state index < -0.39 is 5.82 Å². The number of methoxy groups -OCH3 is 1. The van der Waals surface area contributed by atoms with Crippen LogP contribution in [-0.4, -0.2) is 38.6 Å². The molecule has 2 aromatic heterocycles. The molecular weight excluding hydrogens is 429 g/mol. The lowest BCUT2D eigenvalue weighted by atomic mass is 10.1. The third-order valence-electron chi connectivity index (χ3n) is 4.16. The van der Waals surface area contributed by atoms with E-state index in [1.54, 1.807) is 17.7 Å². The number of thioether (sulfide) groups is 1. The molecule has 7 nitrogen and oxygen atoms in total. The number of nitrogens with zero attached hydrogens (tertiary/aromatic N) is 4. The van der Waals surface area contributed by atoms with Gasteiger partial charge in [-0.3, -0.25) is 4.79 Å². The van der Waals surface area contributed by atoms with E-state index in [9.17, 15) is 9.18 Å². The molecule has 0 atom stereocenters. The molecule has 0 saturated carbocycles. The van der Waals surface area contributed by atoms with Gasteiger partial charge in [0.2, 0.25) is 11.1 Å². The number of amides is 1. The highest BCUT2D eigenvalue weighted by Gasteiger charge is 2.12. The van der Waals surface area contributed by atoms with E-state index in [0.717, 1.165) is 17.0 Å². The van der Waals surface area contributed by atoms with Gasteiger partial charge in [-0.15, -0.1) is 10.2 Å². The number of hydrogen-bond donors (Lipinski definition) is 1. The first kappa shape index (κ1) is 20.1. The van der Waals surface area contributed by atoms with Crippen LogP contribution in [0.4, 0.5) is 10.1 Å². The van der Waals surface area contributed by atoms with E-state index in [-0.39, 0.29) is 16.7 Å². The summed E-state index contributed by atoms with van der Waals surface area (Å²) in [4.78, 5) is 12.2.